The number of rotatable bonds is 6. The number of methoxy groups -OCH3 is 1. The number of hydrogen-bond donors (Lipinski definition) is 1. The molecule has 0 bridgehead atoms. The molecule has 160 valence electrons. The smallest absolute Gasteiger partial charge is 0.410 e. The van der Waals surface area contributed by atoms with Gasteiger partial charge in [-0.25, -0.2) is 9.59 Å². The molecular formula is C21H24N2O6S. The quantitative estimate of drug-likeness (QED) is 0.704. The van der Waals surface area contributed by atoms with Crippen molar-refractivity contribution in [3.8, 4) is 5.75 Å². The molecule has 1 aromatic carbocycles. The highest BCUT2D eigenvalue weighted by Gasteiger charge is 2.31. The van der Waals surface area contributed by atoms with Crippen molar-refractivity contribution < 1.29 is 28.6 Å². The van der Waals surface area contributed by atoms with E-state index < -0.39 is 12.1 Å². The van der Waals surface area contributed by atoms with Gasteiger partial charge in [0.05, 0.1) is 25.8 Å². The normalized spacial score (nSPS) is 12.7. The molecule has 2 heterocycles. The largest absolute Gasteiger partial charge is 0.484 e. The lowest BCUT2D eigenvalue weighted by Gasteiger charge is -2.26. The van der Waals surface area contributed by atoms with Crippen LogP contribution in [-0.2, 0) is 27.2 Å². The van der Waals surface area contributed by atoms with Crippen LogP contribution in [0.3, 0.4) is 0 Å². The minimum atomic E-state index is -0.521. The zero-order valence-corrected chi connectivity index (χ0v) is 18.0. The molecule has 0 saturated carbocycles. The second kappa shape index (κ2) is 9.62. The van der Waals surface area contributed by atoms with Crippen molar-refractivity contribution in [3.05, 3.63) is 45.8 Å². The number of hydrogen-bond acceptors (Lipinski definition) is 7. The number of esters is 1. The van der Waals surface area contributed by atoms with E-state index in [-0.39, 0.29) is 12.5 Å². The van der Waals surface area contributed by atoms with E-state index in [2.05, 4.69) is 5.32 Å². The zero-order chi connectivity index (χ0) is 21.7. The lowest BCUT2D eigenvalue weighted by molar-refractivity contribution is -0.118. The average molecular weight is 432 g/mol. The SMILES string of the molecule is CCOC(=O)N1CCc2c(sc(NC(=O)COc3cccc(C)c3)c2C(=O)OC)C1. The van der Waals surface area contributed by atoms with Gasteiger partial charge in [-0.3, -0.25) is 4.79 Å². The van der Waals surface area contributed by atoms with Gasteiger partial charge in [0.1, 0.15) is 10.8 Å². The number of aryl methyl sites for hydroxylation is 1. The van der Waals surface area contributed by atoms with Crippen LogP contribution >= 0.6 is 11.3 Å². The summed E-state index contributed by atoms with van der Waals surface area (Å²) in [4.78, 5) is 39.3. The number of fused-ring (bicyclic) bond motifs is 1. The van der Waals surface area contributed by atoms with Crippen molar-refractivity contribution in [2.75, 3.05) is 32.2 Å². The first-order valence-electron chi connectivity index (χ1n) is 9.56. The Morgan fingerprint density at radius 1 is 1.27 bits per heavy atom. The van der Waals surface area contributed by atoms with Crippen LogP contribution < -0.4 is 10.1 Å². The Hall–Kier alpha value is -3.07. The molecule has 2 amide bonds. The van der Waals surface area contributed by atoms with Gasteiger partial charge in [-0.1, -0.05) is 12.1 Å². The standard InChI is InChI=1S/C21H24N2O6S/c1-4-28-21(26)23-9-8-15-16(11-23)30-19(18(15)20(25)27-3)22-17(24)12-29-14-7-5-6-13(2)10-14/h5-7,10H,4,8-9,11-12H2,1-3H3,(H,22,24). The van der Waals surface area contributed by atoms with Crippen LogP contribution in [0.15, 0.2) is 24.3 Å². The monoisotopic (exact) mass is 432 g/mol. The lowest BCUT2D eigenvalue weighted by Crippen LogP contribution is -2.36. The Kier molecular flexibility index (Phi) is 6.94. The molecule has 8 nitrogen and oxygen atoms in total. The molecule has 0 atom stereocenters. The van der Waals surface area contributed by atoms with E-state index in [1.54, 1.807) is 17.9 Å². The maximum Gasteiger partial charge on any atom is 0.410 e. The van der Waals surface area contributed by atoms with Crippen molar-refractivity contribution >= 4 is 34.3 Å². The molecule has 0 saturated heterocycles. The molecule has 0 spiro atoms. The molecule has 0 unspecified atom stereocenters. The lowest BCUT2D eigenvalue weighted by atomic mass is 10.0. The number of nitrogens with one attached hydrogen (secondary N) is 1. The number of benzene rings is 1. The van der Waals surface area contributed by atoms with Gasteiger partial charge in [-0.2, -0.15) is 0 Å². The van der Waals surface area contributed by atoms with Crippen LogP contribution in [0.5, 0.6) is 5.75 Å². The maximum atomic E-state index is 12.4. The highest BCUT2D eigenvalue weighted by atomic mass is 32.1. The van der Waals surface area contributed by atoms with Crippen molar-refractivity contribution in [2.45, 2.75) is 26.8 Å². The van der Waals surface area contributed by atoms with Crippen molar-refractivity contribution in [3.63, 3.8) is 0 Å². The van der Waals surface area contributed by atoms with Gasteiger partial charge in [-0.05, 0) is 43.5 Å². The molecule has 30 heavy (non-hydrogen) atoms. The van der Waals surface area contributed by atoms with Crippen LogP contribution in [0.4, 0.5) is 9.80 Å². The minimum Gasteiger partial charge on any atom is -0.484 e. The van der Waals surface area contributed by atoms with Crippen LogP contribution in [-0.4, -0.2) is 49.7 Å². The molecule has 2 aromatic rings. The fourth-order valence-electron chi connectivity index (χ4n) is 3.20. The zero-order valence-electron chi connectivity index (χ0n) is 17.1. The average Bonchev–Trinajstić information content (AvgIpc) is 3.08. The van der Waals surface area contributed by atoms with Crippen molar-refractivity contribution in [2.24, 2.45) is 0 Å². The summed E-state index contributed by atoms with van der Waals surface area (Å²) >= 11 is 1.26. The second-order valence-electron chi connectivity index (χ2n) is 6.72. The summed E-state index contributed by atoms with van der Waals surface area (Å²) in [6, 6.07) is 7.39. The Bertz CT molecular complexity index is 955. The molecule has 3 rings (SSSR count). The Labute approximate surface area is 178 Å². The van der Waals surface area contributed by atoms with E-state index >= 15 is 0 Å². The van der Waals surface area contributed by atoms with Crippen LogP contribution in [0.25, 0.3) is 0 Å². The summed E-state index contributed by atoms with van der Waals surface area (Å²) < 4.78 is 15.5. The van der Waals surface area contributed by atoms with Crippen molar-refractivity contribution in [1.29, 1.82) is 0 Å². The van der Waals surface area contributed by atoms with Gasteiger partial charge in [0.15, 0.2) is 6.61 Å². The number of nitrogens with zero attached hydrogens (tertiary/aromatic N) is 1. The Morgan fingerprint density at radius 2 is 2.07 bits per heavy atom. The number of carbonyl (C=O) groups is 3. The summed E-state index contributed by atoms with van der Waals surface area (Å²) in [6.45, 7) is 4.53. The fraction of sp³-hybridized carbons (Fsp3) is 0.381. The molecule has 9 heteroatoms. The van der Waals surface area contributed by atoms with E-state index in [4.69, 9.17) is 14.2 Å². The van der Waals surface area contributed by atoms with E-state index in [1.165, 1.54) is 18.4 Å². The predicted molar refractivity (Wildman–Crippen MR) is 112 cm³/mol. The summed E-state index contributed by atoms with van der Waals surface area (Å²) in [5.41, 5.74) is 2.16. The van der Waals surface area contributed by atoms with Gasteiger partial charge in [0, 0.05) is 11.4 Å². The molecule has 1 aromatic heterocycles. The third kappa shape index (κ3) is 4.91. The van der Waals surface area contributed by atoms with E-state index in [1.807, 2.05) is 25.1 Å². The maximum absolute atomic E-state index is 12.4. The summed E-state index contributed by atoms with van der Waals surface area (Å²) in [7, 11) is 1.30. The first-order chi connectivity index (χ1) is 14.4. The van der Waals surface area contributed by atoms with Crippen molar-refractivity contribution in [1.82, 2.24) is 4.90 Å². The molecule has 0 radical (unpaired) electrons. The Balaban J connectivity index is 1.75. The predicted octanol–water partition coefficient (Wildman–Crippen LogP) is 3.38. The number of anilines is 1. The third-order valence-corrected chi connectivity index (χ3v) is 5.72. The van der Waals surface area contributed by atoms with Gasteiger partial charge in [0.2, 0.25) is 0 Å². The first kappa shape index (κ1) is 21.6. The van der Waals surface area contributed by atoms with Crippen LogP contribution in [0.1, 0.15) is 33.3 Å². The van der Waals surface area contributed by atoms with E-state index in [9.17, 15) is 14.4 Å². The summed E-state index contributed by atoms with van der Waals surface area (Å²) in [6.07, 6.45) is 0.0818. The number of amides is 2. The summed E-state index contributed by atoms with van der Waals surface area (Å²) in [5, 5.41) is 3.15. The molecule has 1 aliphatic rings. The molecule has 0 fully saturated rings. The van der Waals surface area contributed by atoms with Gasteiger partial charge in [-0.15, -0.1) is 11.3 Å². The highest BCUT2D eigenvalue weighted by Crippen LogP contribution is 2.37. The van der Waals surface area contributed by atoms with Gasteiger partial charge >= 0.3 is 12.1 Å². The summed E-state index contributed by atoms with van der Waals surface area (Å²) in [5.74, 6) is -0.316. The Morgan fingerprint density at radius 3 is 2.77 bits per heavy atom. The van der Waals surface area contributed by atoms with Crippen LogP contribution in [0.2, 0.25) is 0 Å². The minimum absolute atomic E-state index is 0.193. The molecular weight excluding hydrogens is 408 g/mol. The third-order valence-electron chi connectivity index (χ3n) is 4.58. The van der Waals surface area contributed by atoms with Gasteiger partial charge in [0.25, 0.3) is 5.91 Å². The van der Waals surface area contributed by atoms with E-state index in [0.717, 1.165) is 16.0 Å². The fourth-order valence-corrected chi connectivity index (χ4v) is 4.46. The van der Waals surface area contributed by atoms with E-state index in [0.29, 0.717) is 42.4 Å². The topological polar surface area (TPSA) is 94.2 Å². The molecule has 0 aliphatic carbocycles. The highest BCUT2D eigenvalue weighted by molar-refractivity contribution is 7.17. The number of ether oxygens (including phenoxy) is 3. The van der Waals surface area contributed by atoms with Gasteiger partial charge < -0.3 is 24.4 Å². The molecule has 1 N–H and O–H groups in total. The number of thiophene rings is 1. The number of carbonyl (C=O) groups excluding carboxylic acids is 3. The second-order valence-corrected chi connectivity index (χ2v) is 7.83. The first-order valence-corrected chi connectivity index (χ1v) is 10.4. The van der Waals surface area contributed by atoms with Crippen LogP contribution in [0, 0.1) is 6.92 Å². The molecule has 1 aliphatic heterocycles.